The fourth-order valence-electron chi connectivity index (χ4n) is 2.21. The third kappa shape index (κ3) is 2.18. The van der Waals surface area contributed by atoms with Gasteiger partial charge in [-0.15, -0.1) is 0 Å². The van der Waals surface area contributed by atoms with Crippen molar-refractivity contribution in [3.05, 3.63) is 41.9 Å². The zero-order valence-corrected chi connectivity index (χ0v) is 11.1. The first-order valence-corrected chi connectivity index (χ1v) is 6.22. The molecule has 0 atom stereocenters. The van der Waals surface area contributed by atoms with Gasteiger partial charge in [0.1, 0.15) is 5.70 Å². The Kier molecular flexibility index (Phi) is 3.09. The van der Waals surface area contributed by atoms with Crippen LogP contribution in [0.25, 0.3) is 27.4 Å². The average Bonchev–Trinajstić information content (AvgIpc) is 2.95. The van der Waals surface area contributed by atoms with E-state index in [0.717, 1.165) is 16.3 Å². The Balaban J connectivity index is 2.24. The first-order valence-electron chi connectivity index (χ1n) is 6.22. The predicted octanol–water partition coefficient (Wildman–Crippen LogP) is 2.99. The van der Waals surface area contributed by atoms with Crippen molar-refractivity contribution in [1.29, 1.82) is 5.41 Å². The molecule has 3 aromatic rings. The van der Waals surface area contributed by atoms with Crippen LogP contribution in [0.2, 0.25) is 0 Å². The molecule has 0 radical (unpaired) electrons. The minimum atomic E-state index is -4.71. The molecule has 0 saturated carbocycles. The van der Waals surface area contributed by atoms with E-state index in [9.17, 15) is 13.2 Å². The Morgan fingerprint density at radius 2 is 2.00 bits per heavy atom. The summed E-state index contributed by atoms with van der Waals surface area (Å²) in [5.74, 6) is 0. The molecule has 2 aromatic heterocycles. The largest absolute Gasteiger partial charge is 0.431 e. The van der Waals surface area contributed by atoms with E-state index in [2.05, 4.69) is 15.2 Å². The number of halogens is 3. The molecule has 112 valence electrons. The van der Waals surface area contributed by atoms with Gasteiger partial charge >= 0.3 is 6.18 Å². The van der Waals surface area contributed by atoms with Crippen molar-refractivity contribution in [2.45, 2.75) is 6.18 Å². The van der Waals surface area contributed by atoms with Crippen molar-refractivity contribution in [3.63, 3.8) is 0 Å². The van der Waals surface area contributed by atoms with E-state index in [1.807, 2.05) is 0 Å². The van der Waals surface area contributed by atoms with Gasteiger partial charge in [-0.1, -0.05) is 0 Å². The number of pyridine rings is 1. The number of benzene rings is 1. The highest BCUT2D eigenvalue weighted by molar-refractivity contribution is 6.10. The number of alkyl halides is 3. The Labute approximate surface area is 122 Å². The monoisotopic (exact) mass is 305 g/mol. The Bertz CT molecular complexity index is 908. The van der Waals surface area contributed by atoms with Crippen LogP contribution in [0, 0.1) is 5.41 Å². The van der Waals surface area contributed by atoms with Crippen LogP contribution in [-0.2, 0) is 0 Å². The molecule has 0 spiro atoms. The standard InChI is InChI=1S/C14H10F3N5/c15-14(16,17)13(19)9(5-18)11-4-2-8-10(21-11)3-1-7-6-20-22-12(7)8/h1-6,18H,19H2,(H,20,22). The minimum Gasteiger partial charge on any atom is -0.394 e. The van der Waals surface area contributed by atoms with Gasteiger partial charge in [0.2, 0.25) is 0 Å². The van der Waals surface area contributed by atoms with E-state index in [1.165, 1.54) is 6.07 Å². The summed E-state index contributed by atoms with van der Waals surface area (Å²) in [5.41, 5.74) is 4.54. The van der Waals surface area contributed by atoms with Crippen LogP contribution in [0.15, 0.2) is 36.2 Å². The van der Waals surface area contributed by atoms with E-state index in [1.54, 1.807) is 24.4 Å². The molecule has 0 saturated heterocycles. The number of aromatic amines is 1. The van der Waals surface area contributed by atoms with Gasteiger partial charge in [0.15, 0.2) is 0 Å². The zero-order chi connectivity index (χ0) is 15.9. The molecule has 2 heterocycles. The summed E-state index contributed by atoms with van der Waals surface area (Å²) in [4.78, 5) is 4.17. The van der Waals surface area contributed by atoms with Crippen LogP contribution >= 0.6 is 0 Å². The number of nitrogens with two attached hydrogens (primary N) is 1. The molecule has 8 heteroatoms. The maximum Gasteiger partial charge on any atom is 0.431 e. The summed E-state index contributed by atoms with van der Waals surface area (Å²) in [6, 6.07) is 6.48. The van der Waals surface area contributed by atoms with Gasteiger partial charge in [0, 0.05) is 22.6 Å². The number of nitrogens with zero attached hydrogens (tertiary/aromatic N) is 2. The zero-order valence-electron chi connectivity index (χ0n) is 11.1. The van der Waals surface area contributed by atoms with E-state index < -0.39 is 17.4 Å². The maximum absolute atomic E-state index is 12.7. The Morgan fingerprint density at radius 1 is 1.23 bits per heavy atom. The number of rotatable bonds is 2. The molecule has 0 bridgehead atoms. The van der Waals surface area contributed by atoms with E-state index >= 15 is 0 Å². The van der Waals surface area contributed by atoms with Gasteiger partial charge in [0.05, 0.1) is 22.9 Å². The highest BCUT2D eigenvalue weighted by Crippen LogP contribution is 2.29. The summed E-state index contributed by atoms with van der Waals surface area (Å²) in [6.45, 7) is 0. The number of H-pyrrole nitrogens is 1. The van der Waals surface area contributed by atoms with Crippen LogP contribution in [0.4, 0.5) is 13.2 Å². The van der Waals surface area contributed by atoms with Crippen LogP contribution in [-0.4, -0.2) is 27.6 Å². The molecular formula is C14H10F3N5. The number of fused-ring (bicyclic) bond motifs is 3. The summed E-state index contributed by atoms with van der Waals surface area (Å²) in [7, 11) is 0. The van der Waals surface area contributed by atoms with Gasteiger partial charge < -0.3 is 11.1 Å². The van der Waals surface area contributed by atoms with Crippen molar-refractivity contribution in [1.82, 2.24) is 15.2 Å². The molecule has 22 heavy (non-hydrogen) atoms. The topological polar surface area (TPSA) is 91.4 Å². The second kappa shape index (κ2) is 4.83. The van der Waals surface area contributed by atoms with Gasteiger partial charge in [-0.2, -0.15) is 18.3 Å². The molecular weight excluding hydrogens is 295 g/mol. The lowest BCUT2D eigenvalue weighted by Gasteiger charge is -2.11. The summed E-state index contributed by atoms with van der Waals surface area (Å²) in [6.07, 6.45) is -2.50. The van der Waals surface area contributed by atoms with Gasteiger partial charge in [-0.05, 0) is 24.3 Å². The second-order valence-electron chi connectivity index (χ2n) is 4.63. The third-order valence-electron chi connectivity index (χ3n) is 3.30. The predicted molar refractivity (Wildman–Crippen MR) is 77.3 cm³/mol. The van der Waals surface area contributed by atoms with Crippen molar-refractivity contribution in [3.8, 4) is 0 Å². The highest BCUT2D eigenvalue weighted by atomic mass is 19.4. The lowest BCUT2D eigenvalue weighted by Crippen LogP contribution is -2.22. The first-order chi connectivity index (χ1) is 10.4. The molecule has 0 aliphatic rings. The Hall–Kier alpha value is -2.90. The lowest BCUT2D eigenvalue weighted by molar-refractivity contribution is -0.0918. The average molecular weight is 305 g/mol. The molecule has 1 aromatic carbocycles. The number of hydrogen-bond donors (Lipinski definition) is 3. The molecule has 0 amide bonds. The van der Waals surface area contributed by atoms with Crippen molar-refractivity contribution in [2.75, 3.05) is 0 Å². The molecule has 0 unspecified atom stereocenters. The smallest absolute Gasteiger partial charge is 0.394 e. The van der Waals surface area contributed by atoms with Crippen LogP contribution in [0.3, 0.4) is 0 Å². The fraction of sp³-hybridized carbons (Fsp3) is 0.0714. The van der Waals surface area contributed by atoms with E-state index in [0.29, 0.717) is 11.7 Å². The van der Waals surface area contributed by atoms with E-state index in [-0.39, 0.29) is 5.69 Å². The molecule has 0 aliphatic carbocycles. The normalized spacial score (nSPS) is 13.4. The van der Waals surface area contributed by atoms with Gasteiger partial charge in [-0.25, -0.2) is 4.98 Å². The van der Waals surface area contributed by atoms with Gasteiger partial charge in [-0.3, -0.25) is 5.10 Å². The summed E-state index contributed by atoms with van der Waals surface area (Å²) < 4.78 is 38.2. The SMILES string of the molecule is N=CC(=C(N)C(F)(F)F)c1ccc2c(ccc3cn[nH]c32)n1. The molecule has 5 nitrogen and oxygen atoms in total. The second-order valence-corrected chi connectivity index (χ2v) is 4.63. The maximum atomic E-state index is 12.7. The summed E-state index contributed by atoms with van der Waals surface area (Å²) in [5, 5.41) is 15.5. The van der Waals surface area contributed by atoms with Crippen molar-refractivity contribution >= 4 is 33.6 Å². The fourth-order valence-corrected chi connectivity index (χ4v) is 2.21. The van der Waals surface area contributed by atoms with Crippen LogP contribution in [0.1, 0.15) is 5.69 Å². The van der Waals surface area contributed by atoms with Crippen LogP contribution in [0.5, 0.6) is 0 Å². The number of aromatic nitrogens is 3. The Morgan fingerprint density at radius 3 is 2.68 bits per heavy atom. The molecule has 0 fully saturated rings. The van der Waals surface area contributed by atoms with Gasteiger partial charge in [0.25, 0.3) is 0 Å². The first kappa shape index (κ1) is 14.1. The van der Waals surface area contributed by atoms with Crippen molar-refractivity contribution < 1.29 is 13.2 Å². The molecule has 0 aliphatic heterocycles. The summed E-state index contributed by atoms with van der Waals surface area (Å²) >= 11 is 0. The number of nitrogens with one attached hydrogen (secondary N) is 2. The minimum absolute atomic E-state index is 0.00353. The number of hydrogen-bond acceptors (Lipinski definition) is 4. The molecule has 4 N–H and O–H groups in total. The quantitative estimate of drug-likeness (QED) is 0.636. The number of allylic oxidation sites excluding steroid dienone is 2. The lowest BCUT2D eigenvalue weighted by atomic mass is 10.1. The third-order valence-corrected chi connectivity index (χ3v) is 3.30. The highest BCUT2D eigenvalue weighted by Gasteiger charge is 2.34. The van der Waals surface area contributed by atoms with Crippen molar-refractivity contribution in [2.24, 2.45) is 5.73 Å². The van der Waals surface area contributed by atoms with E-state index in [4.69, 9.17) is 11.1 Å². The van der Waals surface area contributed by atoms with Crippen LogP contribution < -0.4 is 5.73 Å². The molecule has 3 rings (SSSR count).